The van der Waals surface area contributed by atoms with Gasteiger partial charge in [0.25, 0.3) is 0 Å². The van der Waals surface area contributed by atoms with Gasteiger partial charge in [0.2, 0.25) is 0 Å². The van der Waals surface area contributed by atoms with Crippen LogP contribution in [0, 0.1) is 0 Å². The lowest BCUT2D eigenvalue weighted by molar-refractivity contribution is 0.269. The number of thiocarbonyl (C=S) groups is 1. The van der Waals surface area contributed by atoms with Crippen LogP contribution in [-0.4, -0.2) is 16.6 Å². The summed E-state index contributed by atoms with van der Waals surface area (Å²) in [6, 6.07) is 15.3. The van der Waals surface area contributed by atoms with Gasteiger partial charge in [0, 0.05) is 0 Å². The fourth-order valence-electron chi connectivity index (χ4n) is 2.68. The second-order valence-corrected chi connectivity index (χ2v) is 6.14. The zero-order valence-electron chi connectivity index (χ0n) is 14.8. The maximum atomic E-state index is 5.70. The normalized spacial score (nSPS) is 11.8. The molecule has 3 aromatic rings. The lowest BCUT2D eigenvalue weighted by atomic mass is 10.2. The third kappa shape index (κ3) is 4.26. The van der Waals surface area contributed by atoms with Crippen molar-refractivity contribution in [1.82, 2.24) is 4.90 Å². The number of hydrogen-bond donors (Lipinski definition) is 1. The van der Waals surface area contributed by atoms with Crippen LogP contribution >= 0.6 is 12.2 Å². The Morgan fingerprint density at radius 3 is 2.58 bits per heavy atom. The Labute approximate surface area is 158 Å². The highest BCUT2D eigenvalue weighted by Gasteiger charge is 2.23. The Bertz CT molecular complexity index is 815. The molecule has 1 N–H and O–H groups in total. The fraction of sp³-hybridized carbons (Fsp3) is 0.250. The van der Waals surface area contributed by atoms with Crippen molar-refractivity contribution in [2.75, 3.05) is 11.9 Å². The van der Waals surface area contributed by atoms with Gasteiger partial charge in [0.1, 0.15) is 17.3 Å². The monoisotopic (exact) mass is 370 g/mol. The molecule has 26 heavy (non-hydrogen) atoms. The van der Waals surface area contributed by atoms with Crippen LogP contribution in [0.3, 0.4) is 0 Å². The van der Waals surface area contributed by atoms with Gasteiger partial charge in [-0.15, -0.1) is 0 Å². The van der Waals surface area contributed by atoms with Crippen molar-refractivity contribution in [2.45, 2.75) is 26.4 Å². The van der Waals surface area contributed by atoms with Gasteiger partial charge in [-0.25, -0.2) is 0 Å². The van der Waals surface area contributed by atoms with E-state index in [9.17, 15) is 0 Å². The predicted octanol–water partition coefficient (Wildman–Crippen LogP) is 5.23. The number of para-hydroxylation sites is 2. The summed E-state index contributed by atoms with van der Waals surface area (Å²) in [7, 11) is 0. The molecular weight excluding hydrogens is 348 g/mol. The highest BCUT2D eigenvalue weighted by molar-refractivity contribution is 7.80. The number of rotatable bonds is 7. The molecule has 2 heterocycles. The molecule has 2 aromatic heterocycles. The number of nitrogens with one attached hydrogen (secondary N) is 1. The van der Waals surface area contributed by atoms with Gasteiger partial charge in [0.15, 0.2) is 5.11 Å². The number of benzene rings is 1. The molecule has 136 valence electrons. The second kappa shape index (κ2) is 8.58. The number of anilines is 1. The first-order chi connectivity index (χ1) is 12.7. The Hall–Kier alpha value is -2.73. The molecule has 5 nitrogen and oxygen atoms in total. The average molecular weight is 370 g/mol. The van der Waals surface area contributed by atoms with Gasteiger partial charge >= 0.3 is 0 Å². The van der Waals surface area contributed by atoms with E-state index in [2.05, 4.69) is 5.32 Å². The number of furan rings is 2. The van der Waals surface area contributed by atoms with Crippen molar-refractivity contribution in [3.63, 3.8) is 0 Å². The van der Waals surface area contributed by atoms with Crippen LogP contribution in [0.1, 0.15) is 31.4 Å². The molecule has 1 atom stereocenters. The highest BCUT2D eigenvalue weighted by Crippen LogP contribution is 2.27. The van der Waals surface area contributed by atoms with E-state index < -0.39 is 0 Å². The minimum absolute atomic E-state index is 0.0608. The number of hydrogen-bond acceptors (Lipinski definition) is 4. The van der Waals surface area contributed by atoms with Crippen molar-refractivity contribution < 1.29 is 13.6 Å². The van der Waals surface area contributed by atoms with Gasteiger partial charge in [-0.1, -0.05) is 12.1 Å². The van der Waals surface area contributed by atoms with Crippen LogP contribution in [0.2, 0.25) is 0 Å². The van der Waals surface area contributed by atoms with Crippen molar-refractivity contribution in [2.24, 2.45) is 0 Å². The van der Waals surface area contributed by atoms with E-state index in [1.54, 1.807) is 12.5 Å². The molecule has 0 spiro atoms. The molecule has 0 bridgehead atoms. The highest BCUT2D eigenvalue weighted by atomic mass is 32.1. The quantitative estimate of drug-likeness (QED) is 0.575. The largest absolute Gasteiger partial charge is 0.492 e. The Balaban J connectivity index is 1.82. The summed E-state index contributed by atoms with van der Waals surface area (Å²) in [4.78, 5) is 2.02. The summed E-state index contributed by atoms with van der Waals surface area (Å²) in [5, 5.41) is 3.87. The lowest BCUT2D eigenvalue weighted by Gasteiger charge is -2.30. The third-order valence-electron chi connectivity index (χ3n) is 4.02. The average Bonchev–Trinajstić information content (AvgIpc) is 3.35. The molecule has 3 rings (SSSR count). The maximum Gasteiger partial charge on any atom is 0.174 e. The van der Waals surface area contributed by atoms with E-state index in [0.717, 1.165) is 23.0 Å². The van der Waals surface area contributed by atoms with Crippen LogP contribution in [0.25, 0.3) is 0 Å². The molecule has 0 radical (unpaired) electrons. The van der Waals surface area contributed by atoms with Gasteiger partial charge in [-0.2, -0.15) is 0 Å². The van der Waals surface area contributed by atoms with E-state index in [-0.39, 0.29) is 6.04 Å². The summed E-state index contributed by atoms with van der Waals surface area (Å²) in [6.07, 6.45) is 3.32. The van der Waals surface area contributed by atoms with Crippen LogP contribution in [0.4, 0.5) is 5.69 Å². The minimum Gasteiger partial charge on any atom is -0.492 e. The summed E-state index contributed by atoms with van der Waals surface area (Å²) in [5.41, 5.74) is 0.829. The minimum atomic E-state index is -0.0608. The molecule has 1 aromatic carbocycles. The third-order valence-corrected chi connectivity index (χ3v) is 4.35. The first-order valence-corrected chi connectivity index (χ1v) is 8.95. The first kappa shape index (κ1) is 18.1. The molecule has 0 fully saturated rings. The van der Waals surface area contributed by atoms with E-state index in [4.69, 9.17) is 25.8 Å². The Kier molecular flexibility index (Phi) is 5.96. The summed E-state index contributed by atoms with van der Waals surface area (Å²) in [5.74, 6) is 2.42. The van der Waals surface area contributed by atoms with Gasteiger partial charge in [-0.05, 0) is 62.5 Å². The SMILES string of the molecule is CCOc1ccccc1NC(=S)N(Cc1ccco1)[C@@H](C)c1ccco1. The molecule has 0 amide bonds. The molecule has 0 aliphatic carbocycles. The van der Waals surface area contributed by atoms with Gasteiger partial charge < -0.3 is 23.8 Å². The number of nitrogens with zero attached hydrogens (tertiary/aromatic N) is 1. The smallest absolute Gasteiger partial charge is 0.174 e. The van der Waals surface area contributed by atoms with E-state index in [1.165, 1.54) is 0 Å². The summed E-state index contributed by atoms with van der Waals surface area (Å²) < 4.78 is 16.8. The summed E-state index contributed by atoms with van der Waals surface area (Å²) >= 11 is 5.70. The van der Waals surface area contributed by atoms with Gasteiger partial charge in [-0.3, -0.25) is 0 Å². The fourth-order valence-corrected chi connectivity index (χ4v) is 3.01. The van der Waals surface area contributed by atoms with Crippen LogP contribution < -0.4 is 10.1 Å². The Morgan fingerprint density at radius 1 is 1.12 bits per heavy atom. The van der Waals surface area contributed by atoms with Crippen molar-refractivity contribution in [3.05, 3.63) is 72.6 Å². The number of ether oxygens (including phenoxy) is 1. The molecule has 0 unspecified atom stereocenters. The zero-order valence-corrected chi connectivity index (χ0v) is 15.7. The zero-order chi connectivity index (χ0) is 18.4. The molecule has 0 aliphatic rings. The van der Waals surface area contributed by atoms with Gasteiger partial charge in [0.05, 0.1) is 37.4 Å². The van der Waals surface area contributed by atoms with E-state index in [0.29, 0.717) is 18.3 Å². The van der Waals surface area contributed by atoms with Crippen molar-refractivity contribution in [1.29, 1.82) is 0 Å². The summed E-state index contributed by atoms with van der Waals surface area (Å²) in [6.45, 7) is 5.11. The topological polar surface area (TPSA) is 50.8 Å². The first-order valence-electron chi connectivity index (χ1n) is 8.54. The van der Waals surface area contributed by atoms with Crippen molar-refractivity contribution in [3.8, 4) is 5.75 Å². The second-order valence-electron chi connectivity index (χ2n) is 5.76. The Morgan fingerprint density at radius 2 is 1.88 bits per heavy atom. The van der Waals surface area contributed by atoms with Crippen molar-refractivity contribution >= 4 is 23.0 Å². The molecule has 0 aliphatic heterocycles. The van der Waals surface area contributed by atoms with E-state index >= 15 is 0 Å². The molecule has 6 heteroatoms. The maximum absolute atomic E-state index is 5.70. The standard InChI is InChI=1S/C20H22N2O3S/c1-3-23-19-10-5-4-9-17(19)21-20(26)22(14-16-8-6-12-24-16)15(2)18-11-7-13-25-18/h4-13,15H,3,14H2,1-2H3,(H,21,26)/t15-/m0/s1. The van der Waals surface area contributed by atoms with E-state index in [1.807, 2.05) is 67.3 Å². The van der Waals surface area contributed by atoms with Crippen LogP contribution in [0.15, 0.2) is 69.9 Å². The predicted molar refractivity (Wildman–Crippen MR) is 105 cm³/mol. The molecule has 0 saturated carbocycles. The van der Waals surface area contributed by atoms with Crippen LogP contribution in [-0.2, 0) is 6.54 Å². The van der Waals surface area contributed by atoms with Crippen LogP contribution in [0.5, 0.6) is 5.75 Å². The molecule has 0 saturated heterocycles. The molecular formula is C20H22N2O3S. The lowest BCUT2D eigenvalue weighted by Crippen LogP contribution is -2.36.